The molecule has 0 atom stereocenters. The van der Waals surface area contributed by atoms with Gasteiger partial charge in [0.1, 0.15) is 5.82 Å². The molecule has 110 valence electrons. The smallest absolute Gasteiger partial charge is 0.244 e. The van der Waals surface area contributed by atoms with E-state index in [1.165, 1.54) is 18.2 Å². The van der Waals surface area contributed by atoms with Crippen LogP contribution in [0.1, 0.15) is 13.8 Å². The Bertz CT molecular complexity index is 501. The normalized spacial score (nSPS) is 17.0. The minimum absolute atomic E-state index is 0.188. The van der Waals surface area contributed by atoms with Crippen LogP contribution >= 0.6 is 11.6 Å². The summed E-state index contributed by atoms with van der Waals surface area (Å²) in [7, 11) is 0. The molecular formula is C14H19ClFN3O. The average molecular weight is 300 g/mol. The summed E-state index contributed by atoms with van der Waals surface area (Å²) in [4.78, 5) is 14.5. The third-order valence-electron chi connectivity index (χ3n) is 3.64. The molecule has 0 unspecified atom stereocenters. The number of carbonyl (C=O) groups excluding carboxylic acids is 1. The molecule has 0 aliphatic carbocycles. The van der Waals surface area contributed by atoms with Crippen molar-refractivity contribution in [3.8, 4) is 0 Å². The zero-order chi connectivity index (χ0) is 14.8. The molecule has 4 nitrogen and oxygen atoms in total. The van der Waals surface area contributed by atoms with Crippen molar-refractivity contribution in [1.29, 1.82) is 0 Å². The molecule has 6 heteroatoms. The van der Waals surface area contributed by atoms with Crippen molar-refractivity contribution in [2.45, 2.75) is 19.4 Å². The number of rotatable bonds is 3. The first-order valence-electron chi connectivity index (χ1n) is 6.63. The SMILES string of the molecule is CC(C)(C(=O)Nc1cc(F)ccc1Cl)N1CCNCC1. The molecule has 0 radical (unpaired) electrons. The second-order valence-electron chi connectivity index (χ2n) is 5.37. The zero-order valence-electron chi connectivity index (χ0n) is 11.7. The average Bonchev–Trinajstić information content (AvgIpc) is 2.43. The number of halogens is 2. The molecule has 1 saturated heterocycles. The molecule has 0 aromatic heterocycles. The van der Waals surface area contributed by atoms with Crippen molar-refractivity contribution in [2.75, 3.05) is 31.5 Å². The van der Waals surface area contributed by atoms with Crippen LogP contribution in [0.5, 0.6) is 0 Å². The lowest BCUT2D eigenvalue weighted by Crippen LogP contribution is -2.58. The van der Waals surface area contributed by atoms with Gasteiger partial charge in [0.05, 0.1) is 16.2 Å². The van der Waals surface area contributed by atoms with Gasteiger partial charge in [-0.2, -0.15) is 0 Å². The summed E-state index contributed by atoms with van der Waals surface area (Å²) in [6.45, 7) is 7.05. The van der Waals surface area contributed by atoms with E-state index in [0.29, 0.717) is 10.7 Å². The molecule has 2 N–H and O–H groups in total. The summed E-state index contributed by atoms with van der Waals surface area (Å²) in [5.74, 6) is -0.614. The first-order chi connectivity index (χ1) is 9.41. The highest BCUT2D eigenvalue weighted by molar-refractivity contribution is 6.33. The Morgan fingerprint density at radius 3 is 2.70 bits per heavy atom. The van der Waals surface area contributed by atoms with Gasteiger partial charge in [-0.1, -0.05) is 11.6 Å². The number of piperazine rings is 1. The van der Waals surface area contributed by atoms with Crippen molar-refractivity contribution in [3.05, 3.63) is 29.0 Å². The minimum atomic E-state index is -0.669. The Morgan fingerprint density at radius 2 is 2.05 bits per heavy atom. The summed E-state index contributed by atoms with van der Waals surface area (Å²) in [6.07, 6.45) is 0. The van der Waals surface area contributed by atoms with E-state index < -0.39 is 11.4 Å². The minimum Gasteiger partial charge on any atom is -0.323 e. The van der Waals surface area contributed by atoms with Gasteiger partial charge in [0, 0.05) is 26.2 Å². The highest BCUT2D eigenvalue weighted by atomic mass is 35.5. The maximum absolute atomic E-state index is 13.2. The topological polar surface area (TPSA) is 44.4 Å². The van der Waals surface area contributed by atoms with Crippen molar-refractivity contribution in [2.24, 2.45) is 0 Å². The van der Waals surface area contributed by atoms with E-state index in [9.17, 15) is 9.18 Å². The highest BCUT2D eigenvalue weighted by Crippen LogP contribution is 2.25. The largest absolute Gasteiger partial charge is 0.323 e. The van der Waals surface area contributed by atoms with Crippen LogP contribution in [-0.4, -0.2) is 42.5 Å². The summed E-state index contributed by atoms with van der Waals surface area (Å²) < 4.78 is 13.2. The van der Waals surface area contributed by atoms with E-state index in [1.807, 2.05) is 13.8 Å². The highest BCUT2D eigenvalue weighted by Gasteiger charge is 2.35. The molecule has 0 saturated carbocycles. The van der Waals surface area contributed by atoms with Crippen molar-refractivity contribution < 1.29 is 9.18 Å². The van der Waals surface area contributed by atoms with E-state index in [2.05, 4.69) is 15.5 Å². The molecule has 1 heterocycles. The van der Waals surface area contributed by atoms with Crippen LogP contribution in [0.25, 0.3) is 0 Å². The zero-order valence-corrected chi connectivity index (χ0v) is 12.4. The Hall–Kier alpha value is -1.17. The van der Waals surface area contributed by atoms with Crippen LogP contribution in [0.4, 0.5) is 10.1 Å². The Labute approximate surface area is 123 Å². The first-order valence-corrected chi connectivity index (χ1v) is 7.01. The van der Waals surface area contributed by atoms with Gasteiger partial charge in [-0.3, -0.25) is 9.69 Å². The van der Waals surface area contributed by atoms with Gasteiger partial charge in [-0.05, 0) is 32.0 Å². The Kier molecular flexibility index (Phi) is 4.62. The van der Waals surface area contributed by atoms with Crippen molar-refractivity contribution in [3.63, 3.8) is 0 Å². The third kappa shape index (κ3) is 3.29. The Balaban J connectivity index is 2.11. The molecule has 20 heavy (non-hydrogen) atoms. The molecule has 1 aliphatic rings. The monoisotopic (exact) mass is 299 g/mol. The second-order valence-corrected chi connectivity index (χ2v) is 5.78. The number of hydrogen-bond donors (Lipinski definition) is 2. The lowest BCUT2D eigenvalue weighted by atomic mass is 10.0. The van der Waals surface area contributed by atoms with Crippen LogP contribution in [-0.2, 0) is 4.79 Å². The molecule has 1 aromatic rings. The second kappa shape index (κ2) is 6.08. The van der Waals surface area contributed by atoms with Crippen LogP contribution < -0.4 is 10.6 Å². The number of hydrogen-bond acceptors (Lipinski definition) is 3. The maximum Gasteiger partial charge on any atom is 0.244 e. The molecule has 2 rings (SSSR count). The van der Waals surface area contributed by atoms with Crippen LogP contribution in [0, 0.1) is 5.82 Å². The summed E-state index contributed by atoms with van der Waals surface area (Å²) in [6, 6.07) is 3.93. The molecule has 1 amide bonds. The van der Waals surface area contributed by atoms with Crippen molar-refractivity contribution in [1.82, 2.24) is 10.2 Å². The number of benzene rings is 1. The van der Waals surface area contributed by atoms with Crippen molar-refractivity contribution >= 4 is 23.2 Å². The van der Waals surface area contributed by atoms with Gasteiger partial charge < -0.3 is 10.6 Å². The summed E-state index contributed by atoms with van der Waals surface area (Å²) in [5.41, 5.74) is -0.363. The van der Waals surface area contributed by atoms with Crippen LogP contribution in [0.15, 0.2) is 18.2 Å². The number of nitrogens with zero attached hydrogens (tertiary/aromatic N) is 1. The predicted molar refractivity (Wildman–Crippen MR) is 78.6 cm³/mol. The third-order valence-corrected chi connectivity index (χ3v) is 3.97. The van der Waals surface area contributed by atoms with Crippen LogP contribution in [0.2, 0.25) is 5.02 Å². The van der Waals surface area contributed by atoms with Gasteiger partial charge in [-0.15, -0.1) is 0 Å². The fraction of sp³-hybridized carbons (Fsp3) is 0.500. The van der Waals surface area contributed by atoms with Gasteiger partial charge >= 0.3 is 0 Å². The van der Waals surface area contributed by atoms with Gasteiger partial charge in [0.15, 0.2) is 0 Å². The summed E-state index contributed by atoms with van der Waals surface area (Å²) in [5, 5.41) is 6.29. The first kappa shape index (κ1) is 15.2. The fourth-order valence-corrected chi connectivity index (χ4v) is 2.40. The van der Waals surface area contributed by atoms with Crippen LogP contribution in [0.3, 0.4) is 0 Å². The summed E-state index contributed by atoms with van der Waals surface area (Å²) >= 11 is 5.97. The molecule has 1 aliphatic heterocycles. The molecule has 1 aromatic carbocycles. The predicted octanol–water partition coefficient (Wildman–Crippen LogP) is 2.10. The standard InChI is InChI=1S/C14H19ClFN3O/c1-14(2,19-7-5-17-6-8-19)13(20)18-12-9-10(16)3-4-11(12)15/h3-4,9,17H,5-8H2,1-2H3,(H,18,20). The molecule has 0 spiro atoms. The van der Waals surface area contributed by atoms with E-state index >= 15 is 0 Å². The van der Waals surface area contributed by atoms with E-state index in [4.69, 9.17) is 11.6 Å². The van der Waals surface area contributed by atoms with E-state index in [0.717, 1.165) is 26.2 Å². The molecular weight excluding hydrogens is 281 g/mol. The number of nitrogens with one attached hydrogen (secondary N) is 2. The lowest BCUT2D eigenvalue weighted by molar-refractivity contribution is -0.126. The number of anilines is 1. The van der Waals surface area contributed by atoms with Gasteiger partial charge in [-0.25, -0.2) is 4.39 Å². The molecule has 0 bridgehead atoms. The fourth-order valence-electron chi connectivity index (χ4n) is 2.24. The number of amides is 1. The number of carbonyl (C=O) groups is 1. The maximum atomic E-state index is 13.2. The lowest BCUT2D eigenvalue weighted by Gasteiger charge is -2.39. The Morgan fingerprint density at radius 1 is 1.40 bits per heavy atom. The quantitative estimate of drug-likeness (QED) is 0.898. The van der Waals surface area contributed by atoms with Gasteiger partial charge in [0.2, 0.25) is 5.91 Å². The van der Waals surface area contributed by atoms with Gasteiger partial charge in [0.25, 0.3) is 0 Å². The van der Waals surface area contributed by atoms with E-state index in [1.54, 1.807) is 0 Å². The molecule has 1 fully saturated rings. The van der Waals surface area contributed by atoms with E-state index in [-0.39, 0.29) is 5.91 Å².